The van der Waals surface area contributed by atoms with Crippen LogP contribution in [0.4, 0.5) is 24.7 Å². The summed E-state index contributed by atoms with van der Waals surface area (Å²) in [7, 11) is 0. The summed E-state index contributed by atoms with van der Waals surface area (Å²) in [5, 5.41) is 12.8. The predicted molar refractivity (Wildman–Crippen MR) is 88.6 cm³/mol. The lowest BCUT2D eigenvalue weighted by molar-refractivity contribution is -0.136. The Morgan fingerprint density at radius 3 is 2.48 bits per heavy atom. The lowest BCUT2D eigenvalue weighted by atomic mass is 10.1. The topological polar surface area (TPSA) is 66.9 Å². The van der Waals surface area contributed by atoms with Gasteiger partial charge in [-0.3, -0.25) is 4.79 Å². The average Bonchev–Trinajstić information content (AvgIpc) is 2.59. The average molecular weight is 352 g/mol. The van der Waals surface area contributed by atoms with Gasteiger partial charge in [0, 0.05) is 6.54 Å². The van der Waals surface area contributed by atoms with E-state index in [0.717, 1.165) is 25.3 Å². The number of carbonyl (C=O) groups excluding carboxylic acids is 1. The van der Waals surface area contributed by atoms with Crippen molar-refractivity contribution in [3.8, 4) is 0 Å². The van der Waals surface area contributed by atoms with Crippen LogP contribution in [-0.4, -0.2) is 22.6 Å². The second-order valence-electron chi connectivity index (χ2n) is 5.44. The number of alkyl halides is 3. The third kappa shape index (κ3) is 5.44. The van der Waals surface area contributed by atoms with Crippen molar-refractivity contribution in [3.63, 3.8) is 0 Å². The van der Waals surface area contributed by atoms with Crippen molar-refractivity contribution in [1.82, 2.24) is 15.5 Å². The number of unbranched alkanes of at least 4 members (excludes halogenated alkanes) is 2. The number of halogens is 3. The predicted octanol–water partition coefficient (Wildman–Crippen LogP) is 4.16. The molecule has 0 unspecified atom stereocenters. The standard InChI is InChI=1S/C17H19F3N4O/c1-2-3-6-11-21-16(25)14-9-10-15(24-23-14)22-13-8-5-4-7-12(13)17(18,19)20/h4-5,7-10H,2-3,6,11H2,1H3,(H,21,25)(H,22,24). The van der Waals surface area contributed by atoms with E-state index >= 15 is 0 Å². The third-order valence-corrected chi connectivity index (χ3v) is 3.46. The highest BCUT2D eigenvalue weighted by Gasteiger charge is 2.33. The molecule has 5 nitrogen and oxygen atoms in total. The number of anilines is 2. The minimum absolute atomic E-state index is 0.117. The first-order chi connectivity index (χ1) is 11.9. The molecule has 0 radical (unpaired) electrons. The second kappa shape index (κ2) is 8.46. The Kier molecular flexibility index (Phi) is 6.32. The summed E-state index contributed by atoms with van der Waals surface area (Å²) in [6.45, 7) is 2.61. The number of hydrogen-bond donors (Lipinski definition) is 2. The van der Waals surface area contributed by atoms with E-state index in [0.29, 0.717) is 6.54 Å². The van der Waals surface area contributed by atoms with Gasteiger partial charge in [-0.15, -0.1) is 10.2 Å². The van der Waals surface area contributed by atoms with E-state index in [1.54, 1.807) is 0 Å². The number of carbonyl (C=O) groups is 1. The van der Waals surface area contributed by atoms with Gasteiger partial charge in [-0.2, -0.15) is 13.2 Å². The van der Waals surface area contributed by atoms with Gasteiger partial charge in [-0.05, 0) is 30.7 Å². The minimum atomic E-state index is -4.48. The van der Waals surface area contributed by atoms with E-state index < -0.39 is 11.7 Å². The Hall–Kier alpha value is -2.64. The fourth-order valence-corrected chi connectivity index (χ4v) is 2.16. The van der Waals surface area contributed by atoms with Gasteiger partial charge < -0.3 is 10.6 Å². The van der Waals surface area contributed by atoms with Crippen molar-refractivity contribution < 1.29 is 18.0 Å². The summed E-state index contributed by atoms with van der Waals surface area (Å²) in [5.74, 6) is -0.231. The molecule has 0 aliphatic rings. The van der Waals surface area contributed by atoms with Crippen LogP contribution >= 0.6 is 0 Å². The zero-order valence-electron chi connectivity index (χ0n) is 13.7. The molecule has 0 spiro atoms. The molecule has 0 fully saturated rings. The lowest BCUT2D eigenvalue weighted by Gasteiger charge is -2.13. The van der Waals surface area contributed by atoms with Crippen LogP contribution in [0.1, 0.15) is 42.2 Å². The molecule has 0 saturated heterocycles. The number of rotatable bonds is 7. The highest BCUT2D eigenvalue weighted by molar-refractivity contribution is 5.92. The summed E-state index contributed by atoms with van der Waals surface area (Å²) >= 11 is 0. The molecular formula is C17H19F3N4O. The van der Waals surface area contributed by atoms with Gasteiger partial charge in [-0.1, -0.05) is 31.9 Å². The maximum absolute atomic E-state index is 13.0. The summed E-state index contributed by atoms with van der Waals surface area (Å²) in [4.78, 5) is 11.9. The van der Waals surface area contributed by atoms with E-state index in [9.17, 15) is 18.0 Å². The lowest BCUT2D eigenvalue weighted by Crippen LogP contribution is -2.25. The van der Waals surface area contributed by atoms with Gasteiger partial charge in [0.2, 0.25) is 0 Å². The monoisotopic (exact) mass is 352 g/mol. The number of hydrogen-bond acceptors (Lipinski definition) is 4. The SMILES string of the molecule is CCCCCNC(=O)c1ccc(Nc2ccccc2C(F)(F)F)nn1. The second-order valence-corrected chi connectivity index (χ2v) is 5.44. The third-order valence-electron chi connectivity index (χ3n) is 3.46. The number of amides is 1. The van der Waals surface area contributed by atoms with Gasteiger partial charge in [0.1, 0.15) is 0 Å². The van der Waals surface area contributed by atoms with Crippen molar-refractivity contribution in [2.45, 2.75) is 32.4 Å². The van der Waals surface area contributed by atoms with Crippen LogP contribution in [0.2, 0.25) is 0 Å². The molecule has 0 atom stereocenters. The van der Waals surface area contributed by atoms with Crippen molar-refractivity contribution in [2.24, 2.45) is 0 Å². The molecule has 2 rings (SSSR count). The molecule has 1 amide bonds. The molecule has 0 aliphatic carbocycles. The van der Waals surface area contributed by atoms with Crippen LogP contribution < -0.4 is 10.6 Å². The zero-order valence-corrected chi connectivity index (χ0v) is 13.7. The first-order valence-electron chi connectivity index (χ1n) is 7.97. The highest BCUT2D eigenvalue weighted by atomic mass is 19.4. The fourth-order valence-electron chi connectivity index (χ4n) is 2.16. The molecule has 1 aromatic carbocycles. The first-order valence-corrected chi connectivity index (χ1v) is 7.97. The summed E-state index contributed by atoms with van der Waals surface area (Å²) in [5.41, 5.74) is -0.804. The van der Waals surface area contributed by atoms with Gasteiger partial charge in [0.05, 0.1) is 11.3 Å². The van der Waals surface area contributed by atoms with Crippen LogP contribution in [0.3, 0.4) is 0 Å². The molecular weight excluding hydrogens is 333 g/mol. The van der Waals surface area contributed by atoms with Crippen molar-refractivity contribution in [2.75, 3.05) is 11.9 Å². The van der Waals surface area contributed by atoms with Crippen LogP contribution in [0.5, 0.6) is 0 Å². The van der Waals surface area contributed by atoms with E-state index in [-0.39, 0.29) is 23.1 Å². The molecule has 134 valence electrons. The summed E-state index contributed by atoms with van der Waals surface area (Å²) < 4.78 is 38.9. The van der Waals surface area contributed by atoms with Crippen LogP contribution in [0, 0.1) is 0 Å². The number of nitrogens with zero attached hydrogens (tertiary/aromatic N) is 2. The molecule has 1 heterocycles. The molecule has 2 aromatic rings. The highest BCUT2D eigenvalue weighted by Crippen LogP contribution is 2.35. The molecule has 1 aromatic heterocycles. The smallest absolute Gasteiger partial charge is 0.351 e. The number of aromatic nitrogens is 2. The Morgan fingerprint density at radius 2 is 1.84 bits per heavy atom. The summed E-state index contributed by atoms with van der Waals surface area (Å²) in [6.07, 6.45) is -1.53. The zero-order chi connectivity index (χ0) is 18.3. The van der Waals surface area contributed by atoms with Crippen molar-refractivity contribution >= 4 is 17.4 Å². The number of para-hydroxylation sites is 1. The Bertz CT molecular complexity index is 702. The van der Waals surface area contributed by atoms with E-state index in [1.165, 1.54) is 30.3 Å². The van der Waals surface area contributed by atoms with Crippen molar-refractivity contribution in [1.29, 1.82) is 0 Å². The molecule has 0 bridgehead atoms. The fraction of sp³-hybridized carbons (Fsp3) is 0.353. The van der Waals surface area contributed by atoms with Gasteiger partial charge in [-0.25, -0.2) is 0 Å². The Morgan fingerprint density at radius 1 is 1.08 bits per heavy atom. The molecule has 0 saturated carbocycles. The largest absolute Gasteiger partial charge is 0.418 e. The van der Waals surface area contributed by atoms with Gasteiger partial charge in [0.15, 0.2) is 11.5 Å². The Labute approximate surface area is 143 Å². The maximum atomic E-state index is 13.0. The van der Waals surface area contributed by atoms with Crippen molar-refractivity contribution in [3.05, 3.63) is 47.7 Å². The quantitative estimate of drug-likeness (QED) is 0.735. The van der Waals surface area contributed by atoms with E-state index in [2.05, 4.69) is 27.8 Å². The molecule has 0 aliphatic heterocycles. The molecule has 8 heteroatoms. The summed E-state index contributed by atoms with van der Waals surface area (Å²) in [6, 6.07) is 7.92. The van der Waals surface area contributed by atoms with Crippen LogP contribution in [0.15, 0.2) is 36.4 Å². The van der Waals surface area contributed by atoms with Gasteiger partial charge in [0.25, 0.3) is 5.91 Å². The first kappa shape index (κ1) is 18.7. The normalized spacial score (nSPS) is 11.2. The van der Waals surface area contributed by atoms with Gasteiger partial charge >= 0.3 is 6.18 Å². The minimum Gasteiger partial charge on any atom is -0.351 e. The number of benzene rings is 1. The van der Waals surface area contributed by atoms with E-state index in [1.807, 2.05) is 0 Å². The van der Waals surface area contributed by atoms with Crippen LogP contribution in [0.25, 0.3) is 0 Å². The maximum Gasteiger partial charge on any atom is 0.418 e. The molecule has 2 N–H and O–H groups in total. The van der Waals surface area contributed by atoms with Crippen LogP contribution in [-0.2, 0) is 6.18 Å². The van der Waals surface area contributed by atoms with E-state index in [4.69, 9.17) is 0 Å². The molecule has 25 heavy (non-hydrogen) atoms. The number of nitrogens with one attached hydrogen (secondary N) is 2. The Balaban J connectivity index is 2.03.